The summed E-state index contributed by atoms with van der Waals surface area (Å²) >= 11 is 0. The summed E-state index contributed by atoms with van der Waals surface area (Å²) in [6.07, 6.45) is 1.10. The lowest BCUT2D eigenvalue weighted by Crippen LogP contribution is -2.26. The minimum atomic E-state index is 0.334. The molecule has 0 aromatic heterocycles. The second-order valence-electron chi connectivity index (χ2n) is 4.97. The first-order chi connectivity index (χ1) is 9.69. The number of benzene rings is 1. The van der Waals surface area contributed by atoms with Gasteiger partial charge >= 0.3 is 0 Å². The van der Waals surface area contributed by atoms with Crippen LogP contribution in [0.5, 0.6) is 17.2 Å². The van der Waals surface area contributed by atoms with Crippen molar-refractivity contribution in [2.45, 2.75) is 19.4 Å². The fourth-order valence-electron chi connectivity index (χ4n) is 2.49. The van der Waals surface area contributed by atoms with Crippen LogP contribution in [-0.2, 0) is 4.74 Å². The summed E-state index contributed by atoms with van der Waals surface area (Å²) in [7, 11) is 4.84. The molecular weight excluding hydrogens is 258 g/mol. The maximum absolute atomic E-state index is 5.43. The van der Waals surface area contributed by atoms with E-state index in [1.807, 2.05) is 12.1 Å². The Balaban J connectivity index is 2.18. The Morgan fingerprint density at radius 2 is 1.80 bits per heavy atom. The van der Waals surface area contributed by atoms with Crippen LogP contribution in [0.15, 0.2) is 12.1 Å². The molecule has 0 bridgehead atoms. The molecule has 1 aliphatic rings. The molecule has 0 radical (unpaired) electrons. The number of hydrogen-bond acceptors (Lipinski definition) is 5. The van der Waals surface area contributed by atoms with Gasteiger partial charge in [-0.05, 0) is 13.3 Å². The second-order valence-corrected chi connectivity index (χ2v) is 4.97. The van der Waals surface area contributed by atoms with Gasteiger partial charge in [0.05, 0.1) is 27.9 Å². The molecule has 1 aromatic rings. The SMILES string of the molecule is COc1cc(NC(C)C2CCOC2)cc(OC)c1OC. The zero-order valence-corrected chi connectivity index (χ0v) is 12.6. The van der Waals surface area contributed by atoms with Crippen molar-refractivity contribution in [3.05, 3.63) is 12.1 Å². The molecule has 2 rings (SSSR count). The van der Waals surface area contributed by atoms with E-state index in [1.165, 1.54) is 0 Å². The molecule has 20 heavy (non-hydrogen) atoms. The molecule has 1 saturated heterocycles. The number of anilines is 1. The number of ether oxygens (including phenoxy) is 4. The van der Waals surface area contributed by atoms with Gasteiger partial charge in [0.1, 0.15) is 0 Å². The molecule has 2 atom stereocenters. The molecule has 5 heteroatoms. The first kappa shape index (κ1) is 14.8. The van der Waals surface area contributed by atoms with E-state index in [-0.39, 0.29) is 0 Å². The average molecular weight is 281 g/mol. The lowest BCUT2D eigenvalue weighted by atomic mass is 10.0. The third-order valence-corrected chi connectivity index (χ3v) is 3.73. The molecular formula is C15H23NO4. The smallest absolute Gasteiger partial charge is 0.203 e. The number of nitrogens with one attached hydrogen (secondary N) is 1. The third-order valence-electron chi connectivity index (χ3n) is 3.73. The summed E-state index contributed by atoms with van der Waals surface area (Å²) in [5.74, 6) is 2.46. The summed E-state index contributed by atoms with van der Waals surface area (Å²) in [6.45, 7) is 3.84. The lowest BCUT2D eigenvalue weighted by molar-refractivity contribution is 0.183. The molecule has 0 spiro atoms. The van der Waals surface area contributed by atoms with Crippen molar-refractivity contribution in [2.75, 3.05) is 39.9 Å². The van der Waals surface area contributed by atoms with E-state index >= 15 is 0 Å². The quantitative estimate of drug-likeness (QED) is 0.868. The molecule has 1 heterocycles. The first-order valence-electron chi connectivity index (χ1n) is 6.84. The van der Waals surface area contributed by atoms with Crippen molar-refractivity contribution in [3.8, 4) is 17.2 Å². The Morgan fingerprint density at radius 1 is 1.15 bits per heavy atom. The largest absolute Gasteiger partial charge is 0.493 e. The van der Waals surface area contributed by atoms with Crippen molar-refractivity contribution in [1.29, 1.82) is 0 Å². The Morgan fingerprint density at radius 3 is 2.25 bits per heavy atom. The second kappa shape index (κ2) is 6.70. The maximum Gasteiger partial charge on any atom is 0.203 e. The van der Waals surface area contributed by atoms with Crippen molar-refractivity contribution in [2.24, 2.45) is 5.92 Å². The monoisotopic (exact) mass is 281 g/mol. The van der Waals surface area contributed by atoms with Crippen molar-refractivity contribution in [3.63, 3.8) is 0 Å². The Hall–Kier alpha value is -1.62. The van der Waals surface area contributed by atoms with E-state index in [2.05, 4.69) is 12.2 Å². The van der Waals surface area contributed by atoms with E-state index in [4.69, 9.17) is 18.9 Å². The van der Waals surface area contributed by atoms with Crippen LogP contribution in [0.25, 0.3) is 0 Å². The number of rotatable bonds is 6. The number of hydrogen-bond donors (Lipinski definition) is 1. The van der Waals surface area contributed by atoms with Gasteiger partial charge in [0.2, 0.25) is 5.75 Å². The van der Waals surface area contributed by atoms with Gasteiger partial charge in [0.25, 0.3) is 0 Å². The summed E-state index contributed by atoms with van der Waals surface area (Å²) in [5, 5.41) is 3.49. The van der Waals surface area contributed by atoms with E-state index < -0.39 is 0 Å². The highest BCUT2D eigenvalue weighted by molar-refractivity contribution is 5.62. The van der Waals surface area contributed by atoms with Crippen LogP contribution in [0, 0.1) is 5.92 Å². The van der Waals surface area contributed by atoms with Crippen molar-refractivity contribution < 1.29 is 18.9 Å². The van der Waals surface area contributed by atoms with Gasteiger partial charge in [-0.3, -0.25) is 0 Å². The highest BCUT2D eigenvalue weighted by Crippen LogP contribution is 2.40. The first-order valence-corrected chi connectivity index (χ1v) is 6.84. The standard InChI is InChI=1S/C15H23NO4/c1-10(11-5-6-20-9-11)16-12-7-13(17-2)15(19-4)14(8-12)18-3/h7-8,10-11,16H,5-6,9H2,1-4H3. The van der Waals surface area contributed by atoms with Crippen LogP contribution in [0.2, 0.25) is 0 Å². The van der Waals surface area contributed by atoms with Crippen LogP contribution in [-0.4, -0.2) is 40.6 Å². The van der Waals surface area contributed by atoms with Gasteiger partial charge in [-0.1, -0.05) is 0 Å². The molecule has 5 nitrogen and oxygen atoms in total. The van der Waals surface area contributed by atoms with Crippen LogP contribution in [0.1, 0.15) is 13.3 Å². The molecule has 1 fully saturated rings. The average Bonchev–Trinajstić information content (AvgIpc) is 3.00. The topological polar surface area (TPSA) is 49.0 Å². The molecule has 112 valence electrons. The van der Waals surface area contributed by atoms with Crippen LogP contribution >= 0.6 is 0 Å². The summed E-state index contributed by atoms with van der Waals surface area (Å²) in [4.78, 5) is 0. The third kappa shape index (κ3) is 3.10. The summed E-state index contributed by atoms with van der Waals surface area (Å²) in [6, 6.07) is 4.18. The summed E-state index contributed by atoms with van der Waals surface area (Å²) < 4.78 is 21.5. The molecule has 0 amide bonds. The van der Waals surface area contributed by atoms with Crippen LogP contribution < -0.4 is 19.5 Å². The van der Waals surface area contributed by atoms with Gasteiger partial charge in [0.15, 0.2) is 11.5 Å². The predicted molar refractivity (Wildman–Crippen MR) is 78.1 cm³/mol. The van der Waals surface area contributed by atoms with E-state index in [0.717, 1.165) is 25.3 Å². The fraction of sp³-hybridized carbons (Fsp3) is 0.600. The normalized spacial score (nSPS) is 19.5. The van der Waals surface area contributed by atoms with E-state index in [1.54, 1.807) is 21.3 Å². The maximum atomic E-state index is 5.43. The highest BCUT2D eigenvalue weighted by Gasteiger charge is 2.23. The predicted octanol–water partition coefficient (Wildman–Crippen LogP) is 2.55. The molecule has 0 saturated carbocycles. The van der Waals surface area contributed by atoms with Crippen molar-refractivity contribution in [1.82, 2.24) is 0 Å². The molecule has 1 N–H and O–H groups in total. The minimum absolute atomic E-state index is 0.334. The zero-order chi connectivity index (χ0) is 14.5. The van der Waals surface area contributed by atoms with Crippen LogP contribution in [0.3, 0.4) is 0 Å². The van der Waals surface area contributed by atoms with Gasteiger partial charge in [0, 0.05) is 36.4 Å². The van der Waals surface area contributed by atoms with Crippen molar-refractivity contribution >= 4 is 5.69 Å². The number of methoxy groups -OCH3 is 3. The lowest BCUT2D eigenvalue weighted by Gasteiger charge is -2.22. The summed E-state index contributed by atoms with van der Waals surface area (Å²) in [5.41, 5.74) is 0.957. The zero-order valence-electron chi connectivity index (χ0n) is 12.6. The van der Waals surface area contributed by atoms with Gasteiger partial charge in [-0.2, -0.15) is 0 Å². The fourth-order valence-corrected chi connectivity index (χ4v) is 2.49. The molecule has 1 aliphatic heterocycles. The molecule has 2 unspecified atom stereocenters. The van der Waals surface area contributed by atoms with E-state index in [0.29, 0.717) is 29.2 Å². The van der Waals surface area contributed by atoms with Gasteiger partial charge < -0.3 is 24.3 Å². The van der Waals surface area contributed by atoms with Crippen LogP contribution in [0.4, 0.5) is 5.69 Å². The Labute approximate surface area is 120 Å². The Bertz CT molecular complexity index is 418. The highest BCUT2D eigenvalue weighted by atomic mass is 16.5. The van der Waals surface area contributed by atoms with Gasteiger partial charge in [-0.15, -0.1) is 0 Å². The van der Waals surface area contributed by atoms with E-state index in [9.17, 15) is 0 Å². The molecule has 0 aliphatic carbocycles. The van der Waals surface area contributed by atoms with Gasteiger partial charge in [-0.25, -0.2) is 0 Å². The minimum Gasteiger partial charge on any atom is -0.493 e. The Kier molecular flexibility index (Phi) is 4.95. The molecule has 1 aromatic carbocycles.